The number of rotatable bonds is 19. The molecule has 0 aliphatic heterocycles. The third-order valence-corrected chi connectivity index (χ3v) is 5.01. The molecule has 0 bridgehead atoms. The highest BCUT2D eigenvalue weighted by molar-refractivity contribution is 5.42. The van der Waals surface area contributed by atoms with Gasteiger partial charge in [-0.1, -0.05) is 97.3 Å². The Bertz CT molecular complexity index is 482. The second-order valence-corrected chi connectivity index (χ2v) is 7.82. The quantitative estimate of drug-likeness (QED) is 0.255. The number of unbranched alkanes of at least 4 members (excludes halogenated alkanes) is 13. The van der Waals surface area contributed by atoms with Gasteiger partial charge in [0.25, 0.3) is 0 Å². The third kappa shape index (κ3) is 13.6. The Morgan fingerprint density at radius 1 is 0.750 bits per heavy atom. The average Bonchev–Trinajstić information content (AvgIpc) is 2.69. The molecule has 0 radical (unpaired) electrons. The highest BCUT2D eigenvalue weighted by Gasteiger charge is 2.03. The lowest BCUT2D eigenvalue weighted by Gasteiger charge is -2.09. The molecular weight excluding hydrogens is 348 g/mol. The van der Waals surface area contributed by atoms with Crippen LogP contribution in [0.4, 0.5) is 11.8 Å². The van der Waals surface area contributed by atoms with Crippen molar-refractivity contribution in [3.63, 3.8) is 0 Å². The summed E-state index contributed by atoms with van der Waals surface area (Å²) in [7, 11) is 0. The van der Waals surface area contributed by atoms with Gasteiger partial charge in [0, 0.05) is 12.6 Å². The minimum Gasteiger partial charge on any atom is -0.477 e. The van der Waals surface area contributed by atoms with Crippen LogP contribution in [0.25, 0.3) is 0 Å². The highest BCUT2D eigenvalue weighted by Crippen LogP contribution is 2.16. The van der Waals surface area contributed by atoms with Gasteiger partial charge in [-0.05, 0) is 12.8 Å². The van der Waals surface area contributed by atoms with Crippen LogP contribution in [-0.4, -0.2) is 23.1 Å². The van der Waals surface area contributed by atoms with Crippen LogP contribution in [0.2, 0.25) is 0 Å². The molecule has 0 aliphatic rings. The second-order valence-electron chi connectivity index (χ2n) is 7.82. The molecule has 1 aromatic rings. The predicted octanol–water partition coefficient (Wildman–Crippen LogP) is 6.74. The van der Waals surface area contributed by atoms with Gasteiger partial charge >= 0.3 is 0 Å². The van der Waals surface area contributed by atoms with E-state index in [9.17, 15) is 0 Å². The molecule has 0 fully saturated rings. The molecule has 0 amide bonds. The summed E-state index contributed by atoms with van der Waals surface area (Å²) in [5, 5.41) is 3.33. The number of aromatic nitrogens is 2. The van der Waals surface area contributed by atoms with E-state index in [-0.39, 0.29) is 5.95 Å². The van der Waals surface area contributed by atoms with Gasteiger partial charge in [-0.25, -0.2) is 0 Å². The Morgan fingerprint density at radius 2 is 1.29 bits per heavy atom. The molecule has 3 N–H and O–H groups in total. The van der Waals surface area contributed by atoms with Crippen molar-refractivity contribution in [3.8, 4) is 5.88 Å². The van der Waals surface area contributed by atoms with Gasteiger partial charge in [-0.3, -0.25) is 0 Å². The number of ether oxygens (including phenoxy) is 1. The number of hydrogen-bond donors (Lipinski definition) is 2. The maximum absolute atomic E-state index is 5.74. The van der Waals surface area contributed by atoms with Crippen molar-refractivity contribution in [1.29, 1.82) is 0 Å². The van der Waals surface area contributed by atoms with Crippen molar-refractivity contribution >= 4 is 11.8 Å². The molecule has 5 nitrogen and oxygen atoms in total. The van der Waals surface area contributed by atoms with Gasteiger partial charge in [-0.15, -0.1) is 0 Å². The fraction of sp³-hybridized carbons (Fsp3) is 0.826. The SMILES string of the molecule is CCCCCCCCCCCCCCCCNc1cc(OCCC)nc(N)n1. The summed E-state index contributed by atoms with van der Waals surface area (Å²) in [6.45, 7) is 5.92. The van der Waals surface area contributed by atoms with E-state index >= 15 is 0 Å². The van der Waals surface area contributed by atoms with Gasteiger partial charge in [0.15, 0.2) is 0 Å². The van der Waals surface area contributed by atoms with Gasteiger partial charge in [0.1, 0.15) is 5.82 Å². The fourth-order valence-corrected chi connectivity index (χ4v) is 3.35. The molecular formula is C23H44N4O. The molecule has 0 aromatic carbocycles. The molecule has 5 heteroatoms. The van der Waals surface area contributed by atoms with E-state index in [0.29, 0.717) is 12.5 Å². The lowest BCUT2D eigenvalue weighted by Crippen LogP contribution is -2.07. The molecule has 28 heavy (non-hydrogen) atoms. The molecule has 1 heterocycles. The van der Waals surface area contributed by atoms with Crippen LogP contribution < -0.4 is 15.8 Å². The Kier molecular flexibility index (Phi) is 15.4. The van der Waals surface area contributed by atoms with E-state index in [1.54, 1.807) is 0 Å². The summed E-state index contributed by atoms with van der Waals surface area (Å²) in [6.07, 6.45) is 20.2. The Balaban J connectivity index is 1.92. The first-order chi connectivity index (χ1) is 13.8. The van der Waals surface area contributed by atoms with E-state index in [1.807, 2.05) is 6.07 Å². The lowest BCUT2D eigenvalue weighted by atomic mass is 10.0. The number of nitrogens with two attached hydrogens (primary N) is 1. The zero-order valence-electron chi connectivity index (χ0n) is 18.5. The Labute approximate surface area is 173 Å². The summed E-state index contributed by atoms with van der Waals surface area (Å²) in [4.78, 5) is 8.32. The van der Waals surface area contributed by atoms with Crippen molar-refractivity contribution in [2.75, 3.05) is 24.2 Å². The molecule has 0 atom stereocenters. The minimum absolute atomic E-state index is 0.261. The number of anilines is 2. The van der Waals surface area contributed by atoms with E-state index < -0.39 is 0 Å². The van der Waals surface area contributed by atoms with Crippen LogP contribution in [-0.2, 0) is 0 Å². The number of nitrogens with one attached hydrogen (secondary N) is 1. The lowest BCUT2D eigenvalue weighted by molar-refractivity contribution is 0.305. The van der Waals surface area contributed by atoms with Crippen LogP contribution in [0.3, 0.4) is 0 Å². The normalized spacial score (nSPS) is 10.9. The zero-order valence-corrected chi connectivity index (χ0v) is 18.5. The standard InChI is InChI=1S/C23H44N4O/c1-3-5-6-7-8-9-10-11-12-13-14-15-16-17-18-25-21-20-22(28-19-4-2)27-23(24)26-21/h20H,3-19H2,1-2H3,(H3,24,25,26,27). The van der Waals surface area contributed by atoms with Gasteiger partial charge in [0.2, 0.25) is 11.8 Å². The van der Waals surface area contributed by atoms with Crippen molar-refractivity contribution < 1.29 is 4.74 Å². The van der Waals surface area contributed by atoms with E-state index in [2.05, 4.69) is 29.1 Å². The van der Waals surface area contributed by atoms with Gasteiger partial charge in [0.05, 0.1) is 6.61 Å². The number of hydrogen-bond acceptors (Lipinski definition) is 5. The fourth-order valence-electron chi connectivity index (χ4n) is 3.35. The molecule has 0 saturated heterocycles. The zero-order chi connectivity index (χ0) is 20.3. The van der Waals surface area contributed by atoms with E-state index in [4.69, 9.17) is 10.5 Å². The maximum Gasteiger partial charge on any atom is 0.225 e. The van der Waals surface area contributed by atoms with Crippen LogP contribution in [0, 0.1) is 0 Å². The number of nitrogens with zero attached hydrogens (tertiary/aromatic N) is 2. The molecule has 0 spiro atoms. The molecule has 0 aliphatic carbocycles. The van der Waals surface area contributed by atoms with E-state index in [1.165, 1.54) is 83.5 Å². The molecule has 0 unspecified atom stereocenters. The summed E-state index contributed by atoms with van der Waals surface area (Å²) >= 11 is 0. The van der Waals surface area contributed by atoms with Crippen LogP contribution in [0.5, 0.6) is 5.88 Å². The minimum atomic E-state index is 0.261. The van der Waals surface area contributed by atoms with Gasteiger partial charge < -0.3 is 15.8 Å². The topological polar surface area (TPSA) is 73.1 Å². The average molecular weight is 393 g/mol. The molecule has 162 valence electrons. The second kappa shape index (κ2) is 17.6. The Morgan fingerprint density at radius 3 is 1.82 bits per heavy atom. The maximum atomic E-state index is 5.74. The summed E-state index contributed by atoms with van der Waals surface area (Å²) < 4.78 is 5.53. The van der Waals surface area contributed by atoms with Crippen molar-refractivity contribution in [2.24, 2.45) is 0 Å². The molecule has 1 aromatic heterocycles. The first-order valence-electron chi connectivity index (χ1n) is 11.8. The van der Waals surface area contributed by atoms with Crippen LogP contribution >= 0.6 is 0 Å². The largest absolute Gasteiger partial charge is 0.477 e. The van der Waals surface area contributed by atoms with E-state index in [0.717, 1.165) is 25.2 Å². The van der Waals surface area contributed by atoms with Crippen LogP contribution in [0.15, 0.2) is 6.07 Å². The summed E-state index contributed by atoms with van der Waals surface area (Å²) in [5.74, 6) is 1.57. The van der Waals surface area contributed by atoms with Gasteiger partial charge in [-0.2, -0.15) is 9.97 Å². The highest BCUT2D eigenvalue weighted by atomic mass is 16.5. The van der Waals surface area contributed by atoms with Crippen molar-refractivity contribution in [2.45, 2.75) is 110 Å². The predicted molar refractivity (Wildman–Crippen MR) is 121 cm³/mol. The molecule has 0 saturated carbocycles. The number of nitrogen functional groups attached to an aromatic ring is 1. The van der Waals surface area contributed by atoms with Crippen molar-refractivity contribution in [1.82, 2.24) is 9.97 Å². The summed E-state index contributed by atoms with van der Waals surface area (Å²) in [6, 6.07) is 1.83. The van der Waals surface area contributed by atoms with Crippen molar-refractivity contribution in [3.05, 3.63) is 6.07 Å². The smallest absolute Gasteiger partial charge is 0.225 e. The molecule has 1 rings (SSSR count). The van der Waals surface area contributed by atoms with Crippen LogP contribution in [0.1, 0.15) is 110 Å². The summed E-state index contributed by atoms with van der Waals surface area (Å²) in [5.41, 5.74) is 5.74. The third-order valence-electron chi connectivity index (χ3n) is 5.01. The first-order valence-corrected chi connectivity index (χ1v) is 11.8. The Hall–Kier alpha value is -1.52. The first kappa shape index (κ1) is 24.5. The monoisotopic (exact) mass is 392 g/mol.